The van der Waals surface area contributed by atoms with Gasteiger partial charge in [0.05, 0.1) is 65.9 Å². The Morgan fingerprint density at radius 3 is 1.65 bits per heavy atom. The van der Waals surface area contributed by atoms with Gasteiger partial charge in [-0.1, -0.05) is 5.92 Å². The Labute approximate surface area is 257 Å². The van der Waals surface area contributed by atoms with Crippen molar-refractivity contribution in [2.24, 2.45) is 0 Å². The van der Waals surface area contributed by atoms with Gasteiger partial charge in [-0.05, 0) is 54.4 Å². The molecule has 0 aromatic rings. The van der Waals surface area contributed by atoms with E-state index in [0.717, 1.165) is 0 Å². The molecule has 0 saturated heterocycles. The predicted molar refractivity (Wildman–Crippen MR) is 162 cm³/mol. The molecule has 13 heteroatoms. The summed E-state index contributed by atoms with van der Waals surface area (Å²) in [5.74, 6) is 2.33. The standard InChI is InChI=1S/C30H55N3O10/c1-8-16-37-20-22-40-24-25-41-23-21-38-17-11-26(34)33(14-10-9-12-31-27(35)42-29(2,3)4)15-19-39-18-13-32-28(36)43-30(5,6)7/h1H,9-25H2,2-7H3,(H,31,35)(H,32,36). The predicted octanol–water partition coefficient (Wildman–Crippen LogP) is 2.75. The third kappa shape index (κ3) is 29.2. The molecule has 0 atom stereocenters. The molecule has 0 aromatic carbocycles. The number of terminal acetylenes is 1. The lowest BCUT2D eigenvalue weighted by molar-refractivity contribution is -0.133. The van der Waals surface area contributed by atoms with Gasteiger partial charge in [-0.15, -0.1) is 6.42 Å². The second kappa shape index (κ2) is 24.8. The summed E-state index contributed by atoms with van der Waals surface area (Å²) < 4.78 is 37.5. The van der Waals surface area contributed by atoms with Crippen LogP contribution in [-0.4, -0.2) is 126 Å². The van der Waals surface area contributed by atoms with Crippen LogP contribution in [0.2, 0.25) is 0 Å². The molecule has 0 aliphatic heterocycles. The van der Waals surface area contributed by atoms with Crippen molar-refractivity contribution in [1.29, 1.82) is 0 Å². The third-order valence-electron chi connectivity index (χ3n) is 5.06. The Balaban J connectivity index is 4.30. The number of carbonyl (C=O) groups is 3. The van der Waals surface area contributed by atoms with E-state index in [1.54, 1.807) is 46.4 Å². The first-order valence-electron chi connectivity index (χ1n) is 14.9. The Kier molecular flexibility index (Phi) is 23.3. The second-order valence-electron chi connectivity index (χ2n) is 11.4. The normalized spacial score (nSPS) is 11.5. The summed E-state index contributed by atoms with van der Waals surface area (Å²) in [6, 6.07) is 0. The average molecular weight is 618 g/mol. The van der Waals surface area contributed by atoms with Gasteiger partial charge in [0.15, 0.2) is 0 Å². The Bertz CT molecular complexity index is 791. The lowest BCUT2D eigenvalue weighted by Gasteiger charge is -2.23. The molecule has 0 bridgehead atoms. The molecule has 0 aromatic heterocycles. The fraction of sp³-hybridized carbons (Fsp3) is 0.833. The minimum Gasteiger partial charge on any atom is -0.444 e. The quantitative estimate of drug-likeness (QED) is 0.123. The summed E-state index contributed by atoms with van der Waals surface area (Å²) >= 11 is 0. The Hall–Kier alpha value is -2.63. The summed E-state index contributed by atoms with van der Waals surface area (Å²) in [4.78, 5) is 38.1. The van der Waals surface area contributed by atoms with Crippen LogP contribution in [0.3, 0.4) is 0 Å². The largest absolute Gasteiger partial charge is 0.444 e. The van der Waals surface area contributed by atoms with E-state index >= 15 is 0 Å². The van der Waals surface area contributed by atoms with Crippen LogP contribution in [0, 0.1) is 12.3 Å². The lowest BCUT2D eigenvalue weighted by atomic mass is 10.2. The highest BCUT2D eigenvalue weighted by Gasteiger charge is 2.17. The fourth-order valence-electron chi connectivity index (χ4n) is 3.22. The van der Waals surface area contributed by atoms with Crippen LogP contribution in [0.25, 0.3) is 0 Å². The molecule has 0 fully saturated rings. The van der Waals surface area contributed by atoms with Crippen LogP contribution >= 0.6 is 0 Å². The van der Waals surface area contributed by atoms with Crippen molar-refractivity contribution in [3.05, 3.63) is 0 Å². The summed E-state index contributed by atoms with van der Waals surface area (Å²) in [5.41, 5.74) is -1.13. The van der Waals surface area contributed by atoms with Crippen molar-refractivity contribution >= 4 is 18.1 Å². The summed E-state index contributed by atoms with van der Waals surface area (Å²) in [5, 5.41) is 5.36. The zero-order chi connectivity index (χ0) is 32.4. The summed E-state index contributed by atoms with van der Waals surface area (Å²) in [7, 11) is 0. The molecule has 0 aliphatic rings. The minimum absolute atomic E-state index is 0.0584. The highest BCUT2D eigenvalue weighted by molar-refractivity contribution is 5.76. The number of unbranched alkanes of at least 4 members (excludes halogenated alkanes) is 1. The molecule has 0 saturated carbocycles. The number of nitrogens with one attached hydrogen (secondary N) is 2. The number of hydrogen-bond acceptors (Lipinski definition) is 10. The van der Waals surface area contributed by atoms with Crippen molar-refractivity contribution in [2.75, 3.05) is 92.2 Å². The zero-order valence-corrected chi connectivity index (χ0v) is 27.1. The molecule has 0 rings (SSSR count). The van der Waals surface area contributed by atoms with E-state index in [2.05, 4.69) is 16.6 Å². The number of carbonyl (C=O) groups excluding carboxylic acids is 3. The van der Waals surface area contributed by atoms with Gasteiger partial charge in [-0.3, -0.25) is 4.79 Å². The molecule has 0 radical (unpaired) electrons. The topological polar surface area (TPSA) is 143 Å². The molecular weight excluding hydrogens is 562 g/mol. The number of ether oxygens (including phenoxy) is 7. The molecule has 0 aliphatic carbocycles. The molecule has 43 heavy (non-hydrogen) atoms. The van der Waals surface area contributed by atoms with Gasteiger partial charge in [-0.2, -0.15) is 0 Å². The zero-order valence-electron chi connectivity index (χ0n) is 27.1. The van der Waals surface area contributed by atoms with Gasteiger partial charge in [-0.25, -0.2) is 9.59 Å². The molecule has 0 unspecified atom stereocenters. The maximum absolute atomic E-state index is 12.9. The van der Waals surface area contributed by atoms with Crippen LogP contribution in [-0.2, 0) is 38.0 Å². The number of rotatable bonds is 24. The van der Waals surface area contributed by atoms with E-state index in [9.17, 15) is 14.4 Å². The third-order valence-corrected chi connectivity index (χ3v) is 5.06. The smallest absolute Gasteiger partial charge is 0.407 e. The van der Waals surface area contributed by atoms with Crippen molar-refractivity contribution in [1.82, 2.24) is 15.5 Å². The van der Waals surface area contributed by atoms with Gasteiger partial charge in [0.2, 0.25) is 5.91 Å². The highest BCUT2D eigenvalue weighted by Crippen LogP contribution is 2.07. The van der Waals surface area contributed by atoms with Gasteiger partial charge in [0.25, 0.3) is 0 Å². The summed E-state index contributed by atoms with van der Waals surface area (Å²) in [6.45, 7) is 16.1. The van der Waals surface area contributed by atoms with E-state index in [1.165, 1.54) is 0 Å². The summed E-state index contributed by atoms with van der Waals surface area (Å²) in [6.07, 6.45) is 5.71. The van der Waals surface area contributed by atoms with Crippen LogP contribution in [0.5, 0.6) is 0 Å². The van der Waals surface area contributed by atoms with Crippen molar-refractivity contribution in [3.8, 4) is 12.3 Å². The van der Waals surface area contributed by atoms with Crippen LogP contribution < -0.4 is 10.6 Å². The second-order valence-corrected chi connectivity index (χ2v) is 11.4. The molecule has 0 heterocycles. The molecule has 3 amide bonds. The molecule has 0 spiro atoms. The van der Waals surface area contributed by atoms with Crippen molar-refractivity contribution < 1.29 is 47.5 Å². The Morgan fingerprint density at radius 2 is 1.12 bits per heavy atom. The number of hydrogen-bond donors (Lipinski definition) is 2. The van der Waals surface area contributed by atoms with Crippen molar-refractivity contribution in [2.45, 2.75) is 72.0 Å². The first-order chi connectivity index (χ1) is 20.3. The maximum atomic E-state index is 12.9. The van der Waals surface area contributed by atoms with Gasteiger partial charge in [0.1, 0.15) is 17.8 Å². The highest BCUT2D eigenvalue weighted by atomic mass is 16.6. The van der Waals surface area contributed by atoms with Crippen molar-refractivity contribution in [3.63, 3.8) is 0 Å². The fourth-order valence-corrected chi connectivity index (χ4v) is 3.22. The number of nitrogens with zero attached hydrogens (tertiary/aromatic N) is 1. The van der Waals surface area contributed by atoms with Gasteiger partial charge >= 0.3 is 12.2 Å². The molecule has 2 N–H and O–H groups in total. The molecule has 250 valence electrons. The van der Waals surface area contributed by atoms with E-state index in [0.29, 0.717) is 85.3 Å². The van der Waals surface area contributed by atoms with Gasteiger partial charge < -0.3 is 48.7 Å². The number of amides is 3. The molecule has 13 nitrogen and oxygen atoms in total. The first kappa shape index (κ1) is 40.4. The molecular formula is C30H55N3O10. The van der Waals surface area contributed by atoms with Gasteiger partial charge in [0, 0.05) is 26.2 Å². The van der Waals surface area contributed by atoms with E-state index in [-0.39, 0.29) is 32.1 Å². The SMILES string of the molecule is C#CCOCCOCCOCCOCCC(=O)N(CCCCNC(=O)OC(C)(C)C)CCOCCNC(=O)OC(C)(C)C. The maximum Gasteiger partial charge on any atom is 0.407 e. The van der Waals surface area contributed by atoms with E-state index < -0.39 is 23.4 Å². The first-order valence-corrected chi connectivity index (χ1v) is 14.9. The minimum atomic E-state index is -0.571. The monoisotopic (exact) mass is 617 g/mol. The lowest BCUT2D eigenvalue weighted by Crippen LogP contribution is -2.37. The van der Waals surface area contributed by atoms with Crippen LogP contribution in [0.1, 0.15) is 60.8 Å². The Morgan fingerprint density at radius 1 is 0.628 bits per heavy atom. The van der Waals surface area contributed by atoms with E-state index in [1.807, 2.05) is 0 Å². The average Bonchev–Trinajstić information content (AvgIpc) is 2.89. The van der Waals surface area contributed by atoms with E-state index in [4.69, 9.17) is 39.6 Å². The van der Waals surface area contributed by atoms with Crippen LogP contribution in [0.4, 0.5) is 9.59 Å². The number of alkyl carbamates (subject to hydrolysis) is 2. The van der Waals surface area contributed by atoms with Crippen LogP contribution in [0.15, 0.2) is 0 Å².